The zero-order valence-electron chi connectivity index (χ0n) is 11.0. The molecule has 1 fully saturated rings. The van der Waals surface area contributed by atoms with Gasteiger partial charge in [-0.3, -0.25) is 5.43 Å². The Labute approximate surface area is 117 Å². The van der Waals surface area contributed by atoms with Gasteiger partial charge in [0.25, 0.3) is 0 Å². The second kappa shape index (κ2) is 6.44. The van der Waals surface area contributed by atoms with E-state index in [2.05, 4.69) is 20.1 Å². The molecular weight excluding hydrogens is 282 g/mol. The molecule has 1 aromatic rings. The summed E-state index contributed by atoms with van der Waals surface area (Å²) in [7, 11) is -3.74. The van der Waals surface area contributed by atoms with Crippen LogP contribution in [0.15, 0.2) is 17.3 Å². The van der Waals surface area contributed by atoms with E-state index in [-0.39, 0.29) is 10.8 Å². The van der Waals surface area contributed by atoms with Gasteiger partial charge in [0.05, 0.1) is 18.5 Å². The second-order valence-electron chi connectivity index (χ2n) is 4.82. The summed E-state index contributed by atoms with van der Waals surface area (Å²) in [5, 5.41) is 9.96. The number of anilines is 1. The van der Waals surface area contributed by atoms with E-state index >= 15 is 0 Å². The van der Waals surface area contributed by atoms with Crippen molar-refractivity contribution in [3.8, 4) is 0 Å². The maximum Gasteiger partial charge on any atom is 0.243 e. The highest BCUT2D eigenvalue weighted by molar-refractivity contribution is 7.89. The molecule has 5 N–H and O–H groups in total. The monoisotopic (exact) mass is 301 g/mol. The molecule has 112 valence electrons. The van der Waals surface area contributed by atoms with Gasteiger partial charge in [-0.2, -0.15) is 0 Å². The van der Waals surface area contributed by atoms with Gasteiger partial charge in [-0.25, -0.2) is 29.0 Å². The summed E-state index contributed by atoms with van der Waals surface area (Å²) in [5.41, 5.74) is 2.22. The average molecular weight is 301 g/mol. The number of aliphatic hydroxyl groups excluding tert-OH is 1. The van der Waals surface area contributed by atoms with E-state index in [4.69, 9.17) is 5.84 Å². The molecule has 1 heterocycles. The number of hydrogen-bond donors (Lipinski definition) is 4. The third kappa shape index (κ3) is 3.63. The Hall–Kier alpha value is -1.29. The SMILES string of the molecule is NNc1ncc(S(=O)(=O)NC2CCCCCC2O)cn1. The van der Waals surface area contributed by atoms with Crippen molar-refractivity contribution in [2.24, 2.45) is 5.84 Å². The van der Waals surface area contributed by atoms with Crippen molar-refractivity contribution in [3.05, 3.63) is 12.4 Å². The lowest BCUT2D eigenvalue weighted by molar-refractivity contribution is 0.130. The molecule has 1 aliphatic rings. The third-order valence-electron chi connectivity index (χ3n) is 3.35. The molecule has 1 aliphatic carbocycles. The van der Waals surface area contributed by atoms with Crippen molar-refractivity contribution in [1.29, 1.82) is 0 Å². The Balaban J connectivity index is 2.12. The highest BCUT2D eigenvalue weighted by atomic mass is 32.2. The molecule has 0 saturated heterocycles. The summed E-state index contributed by atoms with van der Waals surface area (Å²) >= 11 is 0. The molecule has 0 spiro atoms. The maximum atomic E-state index is 12.2. The Morgan fingerprint density at radius 1 is 1.20 bits per heavy atom. The van der Waals surface area contributed by atoms with Gasteiger partial charge in [-0.1, -0.05) is 19.3 Å². The van der Waals surface area contributed by atoms with Gasteiger partial charge >= 0.3 is 0 Å². The van der Waals surface area contributed by atoms with E-state index in [1.807, 2.05) is 0 Å². The zero-order valence-corrected chi connectivity index (χ0v) is 11.8. The van der Waals surface area contributed by atoms with Crippen LogP contribution in [0.25, 0.3) is 0 Å². The minimum atomic E-state index is -3.74. The zero-order chi connectivity index (χ0) is 14.6. The standard InChI is InChI=1S/C11H19N5O3S/c12-15-11-13-6-8(7-14-11)20(18,19)16-9-4-2-1-3-5-10(9)17/h6-7,9-10,16-17H,1-5,12H2,(H,13,14,15). The molecular formula is C11H19N5O3S. The van der Waals surface area contributed by atoms with E-state index < -0.39 is 22.2 Å². The molecule has 2 atom stereocenters. The summed E-state index contributed by atoms with van der Waals surface area (Å²) in [6.45, 7) is 0. The predicted molar refractivity (Wildman–Crippen MR) is 73.0 cm³/mol. The minimum Gasteiger partial charge on any atom is -0.391 e. The molecule has 1 saturated carbocycles. The van der Waals surface area contributed by atoms with Crippen molar-refractivity contribution in [2.75, 3.05) is 5.43 Å². The predicted octanol–water partition coefficient (Wildman–Crippen LogP) is -0.266. The molecule has 0 aromatic carbocycles. The summed E-state index contributed by atoms with van der Waals surface area (Å²) in [6.07, 6.45) is 5.76. The fraction of sp³-hybridized carbons (Fsp3) is 0.636. The summed E-state index contributed by atoms with van der Waals surface area (Å²) < 4.78 is 26.9. The first-order valence-electron chi connectivity index (χ1n) is 6.52. The Kier molecular flexibility index (Phi) is 4.86. The molecule has 2 unspecified atom stereocenters. The average Bonchev–Trinajstić information content (AvgIpc) is 2.64. The minimum absolute atomic E-state index is 0.0482. The van der Waals surface area contributed by atoms with Gasteiger partial charge in [-0.15, -0.1) is 0 Å². The lowest BCUT2D eigenvalue weighted by Gasteiger charge is -2.21. The number of nitrogen functional groups attached to an aromatic ring is 1. The molecule has 0 aliphatic heterocycles. The topological polar surface area (TPSA) is 130 Å². The first-order valence-corrected chi connectivity index (χ1v) is 8.00. The Bertz CT molecular complexity index is 533. The molecule has 0 bridgehead atoms. The van der Waals surface area contributed by atoms with Gasteiger partial charge in [-0.05, 0) is 12.8 Å². The van der Waals surface area contributed by atoms with Crippen LogP contribution in [0.4, 0.5) is 5.95 Å². The molecule has 2 rings (SSSR count). The fourth-order valence-corrected chi connectivity index (χ4v) is 3.41. The highest BCUT2D eigenvalue weighted by Crippen LogP contribution is 2.20. The summed E-state index contributed by atoms with van der Waals surface area (Å²) in [4.78, 5) is 7.48. The van der Waals surface area contributed by atoms with Crippen molar-refractivity contribution in [3.63, 3.8) is 0 Å². The summed E-state index contributed by atoms with van der Waals surface area (Å²) in [6, 6.07) is -0.463. The molecule has 0 amide bonds. The molecule has 1 aromatic heterocycles. The largest absolute Gasteiger partial charge is 0.391 e. The van der Waals surface area contributed by atoms with E-state index in [0.29, 0.717) is 12.8 Å². The molecule has 9 heteroatoms. The number of nitrogens with one attached hydrogen (secondary N) is 2. The lowest BCUT2D eigenvalue weighted by atomic mass is 10.1. The van der Waals surface area contributed by atoms with Crippen LogP contribution >= 0.6 is 0 Å². The van der Waals surface area contributed by atoms with Crippen LogP contribution in [0, 0.1) is 0 Å². The number of nitrogens with two attached hydrogens (primary N) is 1. The Morgan fingerprint density at radius 3 is 2.50 bits per heavy atom. The highest BCUT2D eigenvalue weighted by Gasteiger charge is 2.27. The quantitative estimate of drug-likeness (QED) is 0.342. The van der Waals surface area contributed by atoms with Crippen molar-refractivity contribution in [2.45, 2.75) is 49.1 Å². The number of aromatic nitrogens is 2. The number of aliphatic hydroxyl groups is 1. The van der Waals surface area contributed by atoms with E-state index in [9.17, 15) is 13.5 Å². The van der Waals surface area contributed by atoms with Crippen LogP contribution in [0.5, 0.6) is 0 Å². The van der Waals surface area contributed by atoms with Gasteiger partial charge in [0.15, 0.2) is 0 Å². The molecule has 20 heavy (non-hydrogen) atoms. The third-order valence-corrected chi connectivity index (χ3v) is 4.80. The van der Waals surface area contributed by atoms with Crippen molar-refractivity contribution < 1.29 is 13.5 Å². The first-order chi connectivity index (χ1) is 9.53. The van der Waals surface area contributed by atoms with Crippen molar-refractivity contribution in [1.82, 2.24) is 14.7 Å². The van der Waals surface area contributed by atoms with E-state index in [1.54, 1.807) is 0 Å². The van der Waals surface area contributed by atoms with Gasteiger partial charge in [0, 0.05) is 6.04 Å². The number of hydrogen-bond acceptors (Lipinski definition) is 7. The van der Waals surface area contributed by atoms with Crippen LogP contribution in [0.2, 0.25) is 0 Å². The van der Waals surface area contributed by atoms with Crippen LogP contribution in [-0.4, -0.2) is 35.6 Å². The van der Waals surface area contributed by atoms with Crippen LogP contribution < -0.4 is 16.0 Å². The normalized spacial score (nSPS) is 24.1. The van der Waals surface area contributed by atoms with Crippen LogP contribution in [-0.2, 0) is 10.0 Å². The smallest absolute Gasteiger partial charge is 0.243 e. The van der Waals surface area contributed by atoms with Gasteiger partial charge in [0.2, 0.25) is 16.0 Å². The van der Waals surface area contributed by atoms with E-state index in [0.717, 1.165) is 19.3 Å². The summed E-state index contributed by atoms with van der Waals surface area (Å²) in [5.74, 6) is 5.26. The Morgan fingerprint density at radius 2 is 1.85 bits per heavy atom. The number of nitrogens with zero attached hydrogens (tertiary/aromatic N) is 2. The molecule has 0 radical (unpaired) electrons. The fourth-order valence-electron chi connectivity index (χ4n) is 2.22. The molecule has 8 nitrogen and oxygen atoms in total. The van der Waals surface area contributed by atoms with Crippen LogP contribution in [0.1, 0.15) is 32.1 Å². The first kappa shape index (κ1) is 15.1. The van der Waals surface area contributed by atoms with Gasteiger partial charge < -0.3 is 5.11 Å². The number of sulfonamides is 1. The lowest BCUT2D eigenvalue weighted by Crippen LogP contribution is -2.42. The maximum absolute atomic E-state index is 12.2. The van der Waals surface area contributed by atoms with Crippen LogP contribution in [0.3, 0.4) is 0 Å². The van der Waals surface area contributed by atoms with E-state index in [1.165, 1.54) is 12.4 Å². The van der Waals surface area contributed by atoms with Gasteiger partial charge in [0.1, 0.15) is 4.90 Å². The number of rotatable bonds is 4. The van der Waals surface area contributed by atoms with Crippen molar-refractivity contribution >= 4 is 16.0 Å². The second-order valence-corrected chi connectivity index (χ2v) is 6.53. The number of hydrazine groups is 1.